The third-order valence-corrected chi connectivity index (χ3v) is 7.29. The molecule has 4 aliphatic heterocycles. The fourth-order valence-corrected chi connectivity index (χ4v) is 5.59. The molecule has 1 N–H and O–H groups in total. The van der Waals surface area contributed by atoms with Crippen molar-refractivity contribution in [2.24, 2.45) is 5.92 Å². The van der Waals surface area contributed by atoms with Crippen LogP contribution in [0.3, 0.4) is 0 Å². The van der Waals surface area contributed by atoms with Gasteiger partial charge in [0.1, 0.15) is 23.5 Å². The van der Waals surface area contributed by atoms with Crippen molar-refractivity contribution in [3.63, 3.8) is 0 Å². The first kappa shape index (κ1) is 18.5. The Morgan fingerprint density at radius 3 is 2.71 bits per heavy atom. The molecule has 4 aliphatic rings. The maximum Gasteiger partial charge on any atom is 0.407 e. The number of hydrogen-bond acceptors (Lipinski definition) is 4. The Balaban J connectivity index is 1.36. The molecule has 160 valence electrons. The third-order valence-electron chi connectivity index (χ3n) is 7.29. The summed E-state index contributed by atoms with van der Waals surface area (Å²) in [5, 5.41) is 9.22. The first-order valence-corrected chi connectivity index (χ1v) is 10.9. The molecule has 1 saturated heterocycles. The van der Waals surface area contributed by atoms with Gasteiger partial charge in [-0.25, -0.2) is 4.79 Å². The average molecular weight is 420 g/mol. The smallest absolute Gasteiger partial charge is 0.407 e. The van der Waals surface area contributed by atoms with Gasteiger partial charge < -0.3 is 24.4 Å². The van der Waals surface area contributed by atoms with E-state index in [0.29, 0.717) is 32.8 Å². The van der Waals surface area contributed by atoms with Gasteiger partial charge in [0.25, 0.3) is 0 Å². The predicted octanol–water partition coefficient (Wildman–Crippen LogP) is 3.04. The maximum absolute atomic E-state index is 14.0. The van der Waals surface area contributed by atoms with Gasteiger partial charge in [0, 0.05) is 43.4 Å². The number of carboxylic acid groups (broad SMARTS) is 1. The molecular weight excluding hydrogens is 396 g/mol. The van der Waals surface area contributed by atoms with Crippen molar-refractivity contribution in [3.05, 3.63) is 53.1 Å². The molecule has 4 heterocycles. The van der Waals surface area contributed by atoms with Gasteiger partial charge in [0.05, 0.1) is 6.61 Å². The van der Waals surface area contributed by atoms with Crippen LogP contribution < -0.4 is 14.4 Å². The number of carbonyl (C=O) groups is 2. The Kier molecular flexibility index (Phi) is 3.97. The molecule has 0 aromatic heterocycles. The van der Waals surface area contributed by atoms with Crippen LogP contribution in [-0.4, -0.2) is 54.9 Å². The Hall–Kier alpha value is -3.22. The molecule has 0 bridgehead atoms. The molecular formula is C24H24N2O5. The normalized spacial score (nSPS) is 24.1. The van der Waals surface area contributed by atoms with Crippen LogP contribution >= 0.6 is 0 Å². The van der Waals surface area contributed by atoms with Gasteiger partial charge in [-0.15, -0.1) is 0 Å². The molecule has 31 heavy (non-hydrogen) atoms. The molecule has 0 aliphatic carbocycles. The highest BCUT2D eigenvalue weighted by molar-refractivity contribution is 6.11. The third kappa shape index (κ3) is 2.58. The Labute approximate surface area is 180 Å². The highest BCUT2D eigenvalue weighted by Crippen LogP contribution is 2.54. The lowest BCUT2D eigenvalue weighted by Crippen LogP contribution is -2.46. The summed E-state index contributed by atoms with van der Waals surface area (Å²) in [5.74, 6) is 1.93. The minimum Gasteiger partial charge on any atom is -0.493 e. The number of piperidine rings is 1. The van der Waals surface area contributed by atoms with Crippen LogP contribution in [-0.2, 0) is 16.6 Å². The van der Waals surface area contributed by atoms with Gasteiger partial charge in [-0.2, -0.15) is 0 Å². The van der Waals surface area contributed by atoms with Gasteiger partial charge in [-0.3, -0.25) is 4.79 Å². The van der Waals surface area contributed by atoms with Crippen LogP contribution in [0.5, 0.6) is 11.5 Å². The van der Waals surface area contributed by atoms with E-state index in [1.54, 1.807) is 0 Å². The molecule has 7 heteroatoms. The summed E-state index contributed by atoms with van der Waals surface area (Å²) in [6, 6.07) is 12.1. The number of ether oxygens (including phenoxy) is 2. The number of hydrogen-bond donors (Lipinski definition) is 1. The van der Waals surface area contributed by atoms with E-state index < -0.39 is 11.5 Å². The van der Waals surface area contributed by atoms with E-state index in [4.69, 9.17) is 9.47 Å². The molecule has 1 atom stereocenters. The standard InChI is InChI=1S/C24H24N2O5/c27-22-24(14-31-21-12-20-16(7-10-30-20)11-18(21)24)17-3-1-2-4-19(17)26(22)13-15-5-8-25(9-6-15)23(28)29/h1-4,11-12,15H,5-10,13-14H2,(H,28,29). The van der Waals surface area contributed by atoms with Crippen molar-refractivity contribution in [2.45, 2.75) is 24.7 Å². The van der Waals surface area contributed by atoms with E-state index in [1.165, 1.54) is 4.90 Å². The summed E-state index contributed by atoms with van der Waals surface area (Å²) in [4.78, 5) is 28.6. The number of likely N-dealkylation sites (tertiary alicyclic amines) is 1. The molecule has 7 nitrogen and oxygen atoms in total. The molecule has 1 fully saturated rings. The van der Waals surface area contributed by atoms with Crippen molar-refractivity contribution in [1.82, 2.24) is 4.90 Å². The van der Waals surface area contributed by atoms with Crippen molar-refractivity contribution in [2.75, 3.05) is 37.7 Å². The summed E-state index contributed by atoms with van der Waals surface area (Å²) >= 11 is 0. The first-order chi connectivity index (χ1) is 15.1. The van der Waals surface area contributed by atoms with Crippen LogP contribution in [0.25, 0.3) is 0 Å². The molecule has 1 unspecified atom stereocenters. The number of benzene rings is 2. The van der Waals surface area contributed by atoms with Crippen molar-refractivity contribution in [1.29, 1.82) is 0 Å². The summed E-state index contributed by atoms with van der Waals surface area (Å²) in [6.45, 7) is 2.61. The number of rotatable bonds is 2. The number of amides is 2. The van der Waals surface area contributed by atoms with E-state index in [-0.39, 0.29) is 11.8 Å². The fourth-order valence-electron chi connectivity index (χ4n) is 5.59. The van der Waals surface area contributed by atoms with Gasteiger partial charge in [0.2, 0.25) is 5.91 Å². The lowest BCUT2D eigenvalue weighted by molar-refractivity contribution is -0.122. The summed E-state index contributed by atoms with van der Waals surface area (Å²) in [6.07, 6.45) is 1.52. The van der Waals surface area contributed by atoms with Crippen LogP contribution in [0.2, 0.25) is 0 Å². The van der Waals surface area contributed by atoms with Gasteiger partial charge in [-0.1, -0.05) is 18.2 Å². The largest absolute Gasteiger partial charge is 0.493 e. The molecule has 0 saturated carbocycles. The van der Waals surface area contributed by atoms with E-state index in [0.717, 1.165) is 53.1 Å². The number of anilines is 1. The molecule has 2 amide bonds. The van der Waals surface area contributed by atoms with E-state index >= 15 is 0 Å². The van der Waals surface area contributed by atoms with Crippen molar-refractivity contribution in [3.8, 4) is 11.5 Å². The highest BCUT2D eigenvalue weighted by atomic mass is 16.5. The fraction of sp³-hybridized carbons (Fsp3) is 0.417. The number of para-hydroxylation sites is 1. The van der Waals surface area contributed by atoms with Gasteiger partial charge in [0.15, 0.2) is 0 Å². The Bertz CT molecular complexity index is 1090. The second-order valence-electron chi connectivity index (χ2n) is 8.89. The highest BCUT2D eigenvalue weighted by Gasteiger charge is 2.57. The number of fused-ring (bicyclic) bond motifs is 5. The summed E-state index contributed by atoms with van der Waals surface area (Å²) in [7, 11) is 0. The summed E-state index contributed by atoms with van der Waals surface area (Å²) < 4.78 is 11.8. The van der Waals surface area contributed by atoms with Gasteiger partial charge in [-0.05, 0) is 42.0 Å². The van der Waals surface area contributed by atoms with Crippen LogP contribution in [0.15, 0.2) is 36.4 Å². The topological polar surface area (TPSA) is 79.3 Å². The zero-order valence-corrected chi connectivity index (χ0v) is 17.2. The Morgan fingerprint density at radius 2 is 1.90 bits per heavy atom. The lowest BCUT2D eigenvalue weighted by atomic mass is 9.76. The molecule has 1 spiro atoms. The Morgan fingerprint density at radius 1 is 1.10 bits per heavy atom. The minimum atomic E-state index is -0.865. The maximum atomic E-state index is 14.0. The van der Waals surface area contributed by atoms with Gasteiger partial charge >= 0.3 is 6.09 Å². The minimum absolute atomic E-state index is 0.0620. The number of carbonyl (C=O) groups excluding carboxylic acids is 1. The van der Waals surface area contributed by atoms with Crippen LogP contribution in [0.4, 0.5) is 10.5 Å². The summed E-state index contributed by atoms with van der Waals surface area (Å²) in [5.41, 5.74) is 3.21. The van der Waals surface area contributed by atoms with E-state index in [1.807, 2.05) is 35.2 Å². The quantitative estimate of drug-likeness (QED) is 0.808. The monoisotopic (exact) mass is 420 g/mol. The molecule has 0 radical (unpaired) electrons. The zero-order chi connectivity index (χ0) is 21.2. The van der Waals surface area contributed by atoms with Crippen LogP contribution in [0, 0.1) is 5.92 Å². The van der Waals surface area contributed by atoms with Crippen molar-refractivity contribution < 1.29 is 24.2 Å². The number of nitrogens with zero attached hydrogens (tertiary/aromatic N) is 2. The van der Waals surface area contributed by atoms with E-state index in [2.05, 4.69) is 6.07 Å². The second-order valence-corrected chi connectivity index (χ2v) is 8.89. The zero-order valence-electron chi connectivity index (χ0n) is 17.2. The lowest BCUT2D eigenvalue weighted by Gasteiger charge is -2.33. The molecule has 6 rings (SSSR count). The molecule has 2 aromatic carbocycles. The van der Waals surface area contributed by atoms with E-state index in [9.17, 15) is 14.7 Å². The van der Waals surface area contributed by atoms with Crippen LogP contribution in [0.1, 0.15) is 29.5 Å². The SMILES string of the molecule is O=C(O)N1CCC(CN2C(=O)C3(COc4cc5c(cc43)CCO5)c3ccccc32)CC1. The van der Waals surface area contributed by atoms with Crippen molar-refractivity contribution >= 4 is 17.7 Å². The first-order valence-electron chi connectivity index (χ1n) is 10.9. The second kappa shape index (κ2) is 6.64. The molecule has 2 aromatic rings. The predicted molar refractivity (Wildman–Crippen MR) is 113 cm³/mol. The average Bonchev–Trinajstić information content (AvgIpc) is 3.45.